The van der Waals surface area contributed by atoms with Crippen LogP contribution in [0.3, 0.4) is 0 Å². The number of nitrogens with zero attached hydrogens (tertiary/aromatic N) is 3. The highest BCUT2D eigenvalue weighted by molar-refractivity contribution is 7.98. The second-order valence-electron chi connectivity index (χ2n) is 2.69. The maximum atomic E-state index is 5.92. The first-order chi connectivity index (χ1) is 7.69. The number of hydrogen-bond donors (Lipinski definition) is 1. The molecule has 4 nitrogen and oxygen atoms in total. The van der Waals surface area contributed by atoms with Crippen LogP contribution in [0, 0.1) is 0 Å². The van der Waals surface area contributed by atoms with E-state index in [1.54, 1.807) is 6.07 Å². The molecule has 0 aliphatic rings. The summed E-state index contributed by atoms with van der Waals surface area (Å²) < 4.78 is 0. The lowest BCUT2D eigenvalue weighted by Gasteiger charge is -2.03. The van der Waals surface area contributed by atoms with Crippen molar-refractivity contribution in [1.82, 2.24) is 9.97 Å². The first-order valence-corrected chi connectivity index (χ1v) is 5.95. The standard InChI is InChI=1S/C10H11ClN4S/c1-7(10(11)13-4-3-12)8-5-9(16-2)15-6-14-8/h3-6H,1,12H2,2H3/b4-3-,13-10+. The summed E-state index contributed by atoms with van der Waals surface area (Å²) in [7, 11) is 0. The minimum Gasteiger partial charge on any atom is -0.403 e. The molecule has 0 unspecified atom stereocenters. The highest BCUT2D eigenvalue weighted by Gasteiger charge is 2.06. The van der Waals surface area contributed by atoms with Gasteiger partial charge in [-0.05, 0) is 12.3 Å². The second-order valence-corrected chi connectivity index (χ2v) is 3.87. The van der Waals surface area contributed by atoms with Crippen LogP contribution in [-0.2, 0) is 0 Å². The Kier molecular flexibility index (Phi) is 5.01. The van der Waals surface area contributed by atoms with E-state index in [1.807, 2.05) is 6.26 Å². The van der Waals surface area contributed by atoms with Crippen LogP contribution in [0.25, 0.3) is 5.57 Å². The maximum Gasteiger partial charge on any atom is 0.137 e. The summed E-state index contributed by atoms with van der Waals surface area (Å²) in [5.41, 5.74) is 6.35. The lowest BCUT2D eigenvalue weighted by molar-refractivity contribution is 1.04. The zero-order chi connectivity index (χ0) is 12.0. The van der Waals surface area contributed by atoms with Gasteiger partial charge in [-0.3, -0.25) is 0 Å². The largest absolute Gasteiger partial charge is 0.403 e. The Bertz CT molecular complexity index is 442. The Morgan fingerprint density at radius 1 is 1.62 bits per heavy atom. The highest BCUT2D eigenvalue weighted by Crippen LogP contribution is 2.18. The molecule has 0 amide bonds. The average molecular weight is 255 g/mol. The van der Waals surface area contributed by atoms with Crippen LogP contribution in [0.2, 0.25) is 0 Å². The van der Waals surface area contributed by atoms with Crippen molar-refractivity contribution < 1.29 is 0 Å². The van der Waals surface area contributed by atoms with Crippen molar-refractivity contribution in [1.29, 1.82) is 0 Å². The van der Waals surface area contributed by atoms with Gasteiger partial charge in [-0.2, -0.15) is 0 Å². The van der Waals surface area contributed by atoms with Gasteiger partial charge in [0.2, 0.25) is 0 Å². The number of thioether (sulfide) groups is 1. The third kappa shape index (κ3) is 3.36. The normalized spacial score (nSPS) is 12.0. The van der Waals surface area contributed by atoms with Crippen molar-refractivity contribution in [3.8, 4) is 0 Å². The van der Waals surface area contributed by atoms with Gasteiger partial charge in [-0.15, -0.1) is 11.8 Å². The van der Waals surface area contributed by atoms with Crippen molar-refractivity contribution in [3.63, 3.8) is 0 Å². The lowest BCUT2D eigenvalue weighted by atomic mass is 10.2. The molecule has 6 heteroatoms. The molecule has 1 aromatic heterocycles. The van der Waals surface area contributed by atoms with E-state index in [4.69, 9.17) is 17.3 Å². The molecule has 2 N–H and O–H groups in total. The molecule has 1 aromatic rings. The molecule has 0 aliphatic heterocycles. The lowest BCUT2D eigenvalue weighted by Crippen LogP contribution is -1.96. The molecule has 0 saturated heterocycles. The van der Waals surface area contributed by atoms with E-state index in [2.05, 4.69) is 21.5 Å². The molecule has 0 fully saturated rings. The van der Waals surface area contributed by atoms with Gasteiger partial charge in [0, 0.05) is 18.0 Å². The van der Waals surface area contributed by atoms with Gasteiger partial charge in [0.05, 0.1) is 10.7 Å². The molecule has 0 radical (unpaired) electrons. The quantitative estimate of drug-likeness (QED) is 0.509. The SMILES string of the molecule is C=C(/C(Cl)=N\C=C/N)c1cc(SC)ncn1. The summed E-state index contributed by atoms with van der Waals surface area (Å²) >= 11 is 7.44. The Labute approximate surface area is 103 Å². The smallest absolute Gasteiger partial charge is 0.137 e. The van der Waals surface area contributed by atoms with Crippen LogP contribution in [0.4, 0.5) is 0 Å². The highest BCUT2D eigenvalue weighted by atomic mass is 35.5. The van der Waals surface area contributed by atoms with Crippen molar-refractivity contribution in [2.24, 2.45) is 10.7 Å². The third-order valence-corrected chi connectivity index (χ3v) is 2.65. The minimum atomic E-state index is 0.257. The average Bonchev–Trinajstić information content (AvgIpc) is 2.35. The van der Waals surface area contributed by atoms with Gasteiger partial charge >= 0.3 is 0 Å². The Morgan fingerprint density at radius 3 is 3.00 bits per heavy atom. The zero-order valence-electron chi connectivity index (χ0n) is 8.72. The molecule has 0 aliphatic carbocycles. The van der Waals surface area contributed by atoms with Crippen LogP contribution in [-0.4, -0.2) is 21.4 Å². The topological polar surface area (TPSA) is 64.2 Å². The fourth-order valence-electron chi connectivity index (χ4n) is 0.908. The molecule has 1 rings (SSSR count). The Hall–Kier alpha value is -1.33. The summed E-state index contributed by atoms with van der Waals surface area (Å²) in [6, 6.07) is 1.80. The van der Waals surface area contributed by atoms with Gasteiger partial charge in [-0.25, -0.2) is 15.0 Å². The molecular formula is C10H11ClN4S. The zero-order valence-corrected chi connectivity index (χ0v) is 10.3. The van der Waals surface area contributed by atoms with E-state index in [1.165, 1.54) is 30.5 Å². The van der Waals surface area contributed by atoms with Crippen LogP contribution < -0.4 is 5.73 Å². The number of halogens is 1. The molecule has 0 bridgehead atoms. The summed E-state index contributed by atoms with van der Waals surface area (Å²) in [6.45, 7) is 3.82. The van der Waals surface area contributed by atoms with Gasteiger partial charge in [0.25, 0.3) is 0 Å². The number of hydrogen-bond acceptors (Lipinski definition) is 5. The van der Waals surface area contributed by atoms with Crippen molar-refractivity contribution in [3.05, 3.63) is 37.1 Å². The number of rotatable bonds is 4. The van der Waals surface area contributed by atoms with Gasteiger partial charge in [0.1, 0.15) is 11.5 Å². The molecule has 0 atom stereocenters. The summed E-state index contributed by atoms with van der Waals surface area (Å²) in [5, 5.41) is 1.11. The van der Waals surface area contributed by atoms with E-state index in [0.717, 1.165) is 5.03 Å². The predicted octanol–water partition coefficient (Wildman–Crippen LogP) is 2.28. The Morgan fingerprint density at radius 2 is 2.38 bits per heavy atom. The van der Waals surface area contributed by atoms with E-state index in [0.29, 0.717) is 11.3 Å². The number of nitrogens with two attached hydrogens (primary N) is 1. The molecule has 1 heterocycles. The third-order valence-electron chi connectivity index (χ3n) is 1.68. The van der Waals surface area contributed by atoms with E-state index in [9.17, 15) is 0 Å². The second kappa shape index (κ2) is 6.30. The van der Waals surface area contributed by atoms with Crippen molar-refractivity contribution >= 4 is 34.1 Å². The van der Waals surface area contributed by atoms with Gasteiger partial charge in [-0.1, -0.05) is 18.2 Å². The minimum absolute atomic E-state index is 0.257. The van der Waals surface area contributed by atoms with Gasteiger partial charge < -0.3 is 5.73 Å². The van der Waals surface area contributed by atoms with Crippen LogP contribution >= 0.6 is 23.4 Å². The van der Waals surface area contributed by atoms with Crippen molar-refractivity contribution in [2.45, 2.75) is 5.03 Å². The van der Waals surface area contributed by atoms with E-state index < -0.39 is 0 Å². The molecule has 84 valence electrons. The van der Waals surface area contributed by atoms with E-state index >= 15 is 0 Å². The Balaban J connectivity index is 2.96. The summed E-state index contributed by atoms with van der Waals surface area (Å²) in [4.78, 5) is 12.0. The fourth-order valence-corrected chi connectivity index (χ4v) is 1.44. The number of aromatic nitrogens is 2. The molecule has 0 aromatic carbocycles. The maximum absolute atomic E-state index is 5.92. The monoisotopic (exact) mass is 254 g/mol. The van der Waals surface area contributed by atoms with Crippen LogP contribution in [0.15, 0.2) is 41.4 Å². The first-order valence-electron chi connectivity index (χ1n) is 4.34. The van der Waals surface area contributed by atoms with Crippen LogP contribution in [0.1, 0.15) is 5.69 Å². The first kappa shape index (κ1) is 12.7. The molecule has 0 spiro atoms. The fraction of sp³-hybridized carbons (Fsp3) is 0.100. The van der Waals surface area contributed by atoms with Gasteiger partial charge in [0.15, 0.2) is 0 Å². The van der Waals surface area contributed by atoms with E-state index in [-0.39, 0.29) is 5.17 Å². The molecular weight excluding hydrogens is 244 g/mol. The predicted molar refractivity (Wildman–Crippen MR) is 69.5 cm³/mol. The van der Waals surface area contributed by atoms with Crippen molar-refractivity contribution in [2.75, 3.05) is 6.26 Å². The number of aliphatic imine (C=N–C) groups is 1. The van der Waals surface area contributed by atoms with Crippen LogP contribution in [0.5, 0.6) is 0 Å². The summed E-state index contributed by atoms with van der Waals surface area (Å²) in [5.74, 6) is 0. The molecule has 16 heavy (non-hydrogen) atoms. The summed E-state index contributed by atoms with van der Waals surface area (Å²) in [6.07, 6.45) is 6.09. The molecule has 0 saturated carbocycles. The number of allylic oxidation sites excluding steroid dienone is 1.